The standard InChI is InChI=1S/C17H17Br3/c1-3-11-5-6-13(7-12(11)4-2)17(20)14-8-15(18)10-16(19)9-14/h5-10,17H,3-4H2,1-2H3. The van der Waals surface area contributed by atoms with Crippen molar-refractivity contribution >= 4 is 47.8 Å². The highest BCUT2D eigenvalue weighted by Gasteiger charge is 2.13. The number of hydrogen-bond donors (Lipinski definition) is 0. The summed E-state index contributed by atoms with van der Waals surface area (Å²) in [5.41, 5.74) is 5.46. The Labute approximate surface area is 146 Å². The highest BCUT2D eigenvalue weighted by Crippen LogP contribution is 2.35. The summed E-state index contributed by atoms with van der Waals surface area (Å²) in [6.45, 7) is 4.43. The lowest BCUT2D eigenvalue weighted by atomic mass is 9.97. The highest BCUT2D eigenvalue weighted by atomic mass is 79.9. The van der Waals surface area contributed by atoms with Crippen LogP contribution in [-0.4, -0.2) is 0 Å². The molecule has 0 aliphatic rings. The lowest BCUT2D eigenvalue weighted by molar-refractivity contribution is 1.02. The molecule has 0 saturated carbocycles. The van der Waals surface area contributed by atoms with Gasteiger partial charge >= 0.3 is 0 Å². The van der Waals surface area contributed by atoms with Crippen LogP contribution in [0.25, 0.3) is 0 Å². The maximum absolute atomic E-state index is 3.83. The minimum absolute atomic E-state index is 0.215. The second-order valence-corrected chi connectivity index (χ2v) is 7.55. The van der Waals surface area contributed by atoms with Gasteiger partial charge in [0.2, 0.25) is 0 Å². The number of rotatable bonds is 4. The van der Waals surface area contributed by atoms with E-state index in [0.717, 1.165) is 21.8 Å². The second kappa shape index (κ2) is 7.24. The van der Waals surface area contributed by atoms with E-state index in [1.54, 1.807) is 0 Å². The van der Waals surface area contributed by atoms with E-state index >= 15 is 0 Å². The summed E-state index contributed by atoms with van der Waals surface area (Å²) in [7, 11) is 0. The van der Waals surface area contributed by atoms with Crippen molar-refractivity contribution in [3.05, 3.63) is 67.6 Å². The van der Waals surface area contributed by atoms with Crippen molar-refractivity contribution in [1.82, 2.24) is 0 Å². The Balaban J connectivity index is 2.39. The van der Waals surface area contributed by atoms with Crippen LogP contribution in [0.15, 0.2) is 45.3 Å². The average Bonchev–Trinajstić information content (AvgIpc) is 2.44. The topological polar surface area (TPSA) is 0 Å². The molecule has 0 heterocycles. The van der Waals surface area contributed by atoms with E-state index in [9.17, 15) is 0 Å². The summed E-state index contributed by atoms with van der Waals surface area (Å²) in [6.07, 6.45) is 2.18. The average molecular weight is 461 g/mol. The lowest BCUT2D eigenvalue weighted by Crippen LogP contribution is -1.98. The van der Waals surface area contributed by atoms with Crippen LogP contribution >= 0.6 is 47.8 Å². The summed E-state index contributed by atoms with van der Waals surface area (Å²) in [5, 5.41) is 0. The first-order valence-electron chi connectivity index (χ1n) is 6.76. The van der Waals surface area contributed by atoms with E-state index in [4.69, 9.17) is 0 Å². The highest BCUT2D eigenvalue weighted by molar-refractivity contribution is 9.11. The molecule has 0 aromatic heterocycles. The number of benzene rings is 2. The molecule has 0 saturated heterocycles. The summed E-state index contributed by atoms with van der Waals surface area (Å²) in [5.74, 6) is 0. The molecule has 0 spiro atoms. The summed E-state index contributed by atoms with van der Waals surface area (Å²) < 4.78 is 2.18. The van der Waals surface area contributed by atoms with Crippen LogP contribution < -0.4 is 0 Å². The predicted octanol–water partition coefficient (Wildman–Crippen LogP) is 6.82. The Kier molecular flexibility index (Phi) is 5.88. The molecule has 0 radical (unpaired) electrons. The van der Waals surface area contributed by atoms with Crippen LogP contribution in [-0.2, 0) is 12.8 Å². The fraction of sp³-hybridized carbons (Fsp3) is 0.294. The summed E-state index contributed by atoms with van der Waals surface area (Å²) >= 11 is 10.9. The minimum atomic E-state index is 0.215. The molecule has 2 aromatic carbocycles. The van der Waals surface area contributed by atoms with Crippen LogP contribution in [0.5, 0.6) is 0 Å². The first-order chi connectivity index (χ1) is 9.55. The third-order valence-corrected chi connectivity index (χ3v) is 5.44. The molecule has 0 amide bonds. The van der Waals surface area contributed by atoms with Gasteiger partial charge in [-0.2, -0.15) is 0 Å². The summed E-state index contributed by atoms with van der Waals surface area (Å²) in [6, 6.07) is 13.2. The Bertz CT molecular complexity index is 585. The monoisotopic (exact) mass is 458 g/mol. The van der Waals surface area contributed by atoms with Crippen molar-refractivity contribution < 1.29 is 0 Å². The first kappa shape index (κ1) is 16.3. The van der Waals surface area contributed by atoms with Gasteiger partial charge in [-0.05, 0) is 53.3 Å². The van der Waals surface area contributed by atoms with Gasteiger partial charge in [0.1, 0.15) is 0 Å². The molecule has 1 atom stereocenters. The van der Waals surface area contributed by atoms with E-state index in [-0.39, 0.29) is 4.83 Å². The van der Waals surface area contributed by atoms with Crippen molar-refractivity contribution in [2.24, 2.45) is 0 Å². The quantitative estimate of drug-likeness (QED) is 0.439. The van der Waals surface area contributed by atoms with E-state index < -0.39 is 0 Å². The third kappa shape index (κ3) is 3.75. The van der Waals surface area contributed by atoms with E-state index in [1.165, 1.54) is 22.3 Å². The van der Waals surface area contributed by atoms with Gasteiger partial charge < -0.3 is 0 Å². The molecule has 0 aliphatic carbocycles. The maximum Gasteiger partial charge on any atom is 0.0645 e. The number of hydrogen-bond acceptors (Lipinski definition) is 0. The number of alkyl halides is 1. The fourth-order valence-corrected chi connectivity index (χ4v) is 4.27. The van der Waals surface area contributed by atoms with Gasteiger partial charge in [0.15, 0.2) is 0 Å². The van der Waals surface area contributed by atoms with Crippen LogP contribution in [0, 0.1) is 0 Å². The first-order valence-corrected chi connectivity index (χ1v) is 9.27. The lowest BCUT2D eigenvalue weighted by Gasteiger charge is -2.15. The Morgan fingerprint density at radius 1 is 0.800 bits per heavy atom. The van der Waals surface area contributed by atoms with Gasteiger partial charge in [0.25, 0.3) is 0 Å². The molecule has 0 N–H and O–H groups in total. The molecule has 0 aliphatic heterocycles. The molecule has 3 heteroatoms. The van der Waals surface area contributed by atoms with E-state index in [1.807, 2.05) is 0 Å². The van der Waals surface area contributed by atoms with Gasteiger partial charge in [0, 0.05) is 8.95 Å². The molecule has 0 bridgehead atoms. The molecular weight excluding hydrogens is 444 g/mol. The van der Waals surface area contributed by atoms with Gasteiger partial charge in [-0.15, -0.1) is 0 Å². The smallest absolute Gasteiger partial charge is 0.0645 e. The molecule has 2 rings (SSSR count). The van der Waals surface area contributed by atoms with Crippen molar-refractivity contribution in [2.75, 3.05) is 0 Å². The third-order valence-electron chi connectivity index (χ3n) is 3.46. The number of halogens is 3. The van der Waals surface area contributed by atoms with Crippen LogP contribution in [0.4, 0.5) is 0 Å². The Morgan fingerprint density at radius 2 is 1.40 bits per heavy atom. The maximum atomic E-state index is 3.83. The molecule has 1 unspecified atom stereocenters. The molecule has 2 aromatic rings. The zero-order chi connectivity index (χ0) is 14.7. The van der Waals surface area contributed by atoms with Crippen molar-refractivity contribution in [3.63, 3.8) is 0 Å². The van der Waals surface area contributed by atoms with Crippen molar-refractivity contribution in [2.45, 2.75) is 31.5 Å². The zero-order valence-corrected chi connectivity index (χ0v) is 16.3. The molecule has 0 fully saturated rings. The van der Waals surface area contributed by atoms with Crippen molar-refractivity contribution in [3.8, 4) is 0 Å². The largest absolute Gasteiger partial charge is 0.0786 e. The fourth-order valence-electron chi connectivity index (χ4n) is 2.39. The summed E-state index contributed by atoms with van der Waals surface area (Å²) in [4.78, 5) is 0.215. The molecular formula is C17H17Br3. The minimum Gasteiger partial charge on any atom is -0.0786 e. The number of aryl methyl sites for hydroxylation is 2. The van der Waals surface area contributed by atoms with E-state index in [2.05, 4.69) is 98.0 Å². The van der Waals surface area contributed by atoms with Gasteiger partial charge in [-0.1, -0.05) is 79.8 Å². The Morgan fingerprint density at radius 3 is 1.95 bits per heavy atom. The van der Waals surface area contributed by atoms with Gasteiger partial charge in [-0.3, -0.25) is 0 Å². The molecule has 0 nitrogen and oxygen atoms in total. The molecule has 106 valence electrons. The van der Waals surface area contributed by atoms with Gasteiger partial charge in [0.05, 0.1) is 4.83 Å². The van der Waals surface area contributed by atoms with Crippen LogP contribution in [0.2, 0.25) is 0 Å². The van der Waals surface area contributed by atoms with Crippen molar-refractivity contribution in [1.29, 1.82) is 0 Å². The Hall–Kier alpha value is -0.120. The normalized spacial score (nSPS) is 12.4. The SMILES string of the molecule is CCc1ccc(C(Br)c2cc(Br)cc(Br)c2)cc1CC. The predicted molar refractivity (Wildman–Crippen MR) is 97.8 cm³/mol. The molecule has 20 heavy (non-hydrogen) atoms. The zero-order valence-electron chi connectivity index (χ0n) is 11.6. The van der Waals surface area contributed by atoms with Gasteiger partial charge in [-0.25, -0.2) is 0 Å². The van der Waals surface area contributed by atoms with Crippen LogP contribution in [0.1, 0.15) is 40.9 Å². The van der Waals surface area contributed by atoms with E-state index in [0.29, 0.717) is 0 Å². The van der Waals surface area contributed by atoms with Crippen LogP contribution in [0.3, 0.4) is 0 Å². The second-order valence-electron chi connectivity index (χ2n) is 4.80.